The number of ether oxygens (including phenoxy) is 2. The molecule has 0 aliphatic heterocycles. The van der Waals surface area contributed by atoms with Crippen LogP contribution in [0.25, 0.3) is 11.1 Å². The molecule has 11 heteroatoms. The minimum atomic E-state index is -2.77. The molecule has 0 radical (unpaired) electrons. The van der Waals surface area contributed by atoms with Crippen molar-refractivity contribution >= 4 is 11.6 Å². The van der Waals surface area contributed by atoms with Crippen LogP contribution in [0.4, 0.5) is 23.2 Å². The normalized spacial score (nSPS) is 16.3. The Kier molecular flexibility index (Phi) is 8.01. The van der Waals surface area contributed by atoms with Crippen molar-refractivity contribution in [2.75, 3.05) is 19.0 Å². The van der Waals surface area contributed by atoms with Crippen molar-refractivity contribution in [1.29, 1.82) is 0 Å². The van der Waals surface area contributed by atoms with Crippen LogP contribution >= 0.6 is 0 Å². The fraction of sp³-hybridized carbons (Fsp3) is 0.385. The Labute approximate surface area is 211 Å². The molecule has 0 bridgehead atoms. The Bertz CT molecular complexity index is 1250. The Morgan fingerprint density at radius 2 is 1.81 bits per heavy atom. The van der Waals surface area contributed by atoms with Gasteiger partial charge < -0.3 is 14.8 Å². The van der Waals surface area contributed by atoms with E-state index in [4.69, 9.17) is 9.47 Å². The highest BCUT2D eigenvalue weighted by Crippen LogP contribution is 2.44. The highest BCUT2D eigenvalue weighted by Gasteiger charge is 2.37. The van der Waals surface area contributed by atoms with Gasteiger partial charge in [0.15, 0.2) is 0 Å². The standard InChI is InChI=1S/C26H26F4N4O3/c1-15(36-2)14-37-25-32-12-17(13-33-25)24(35)34-23-19(20-11-18(27)3-4-21(20)28)7-10-31-22(23)16-5-8-26(29,30)9-6-16/h3-4,7,10-13,15-16H,5-6,8-9,14H2,1-2H3,(H,34,35)/t15-/m0/s1. The number of nitrogens with one attached hydrogen (secondary N) is 1. The van der Waals surface area contributed by atoms with Crippen molar-refractivity contribution in [2.45, 2.75) is 50.6 Å². The molecule has 1 N–H and O–H groups in total. The molecule has 1 atom stereocenters. The van der Waals surface area contributed by atoms with E-state index in [0.29, 0.717) is 5.69 Å². The number of methoxy groups -OCH3 is 1. The van der Waals surface area contributed by atoms with Gasteiger partial charge in [0.05, 0.1) is 23.0 Å². The van der Waals surface area contributed by atoms with Gasteiger partial charge in [0.2, 0.25) is 5.92 Å². The molecule has 1 fully saturated rings. The van der Waals surface area contributed by atoms with Crippen molar-refractivity contribution < 1.29 is 31.8 Å². The molecule has 37 heavy (non-hydrogen) atoms. The minimum Gasteiger partial charge on any atom is -0.461 e. The molecule has 4 rings (SSSR count). The number of aromatic nitrogens is 3. The first-order chi connectivity index (χ1) is 17.7. The smallest absolute Gasteiger partial charge is 0.316 e. The summed E-state index contributed by atoms with van der Waals surface area (Å²) in [6.45, 7) is 2.02. The third kappa shape index (κ3) is 6.40. The summed E-state index contributed by atoms with van der Waals surface area (Å²) >= 11 is 0. The van der Waals surface area contributed by atoms with Gasteiger partial charge in [-0.1, -0.05) is 0 Å². The number of carbonyl (C=O) groups is 1. The third-order valence-electron chi connectivity index (χ3n) is 6.28. The Hall–Kier alpha value is -3.60. The van der Waals surface area contributed by atoms with E-state index >= 15 is 0 Å². The predicted octanol–water partition coefficient (Wildman–Crippen LogP) is 5.78. The van der Waals surface area contributed by atoms with Crippen molar-refractivity contribution in [2.24, 2.45) is 0 Å². The number of hydrogen-bond donors (Lipinski definition) is 1. The molecule has 0 saturated heterocycles. The summed E-state index contributed by atoms with van der Waals surface area (Å²) in [5.74, 6) is -5.18. The Morgan fingerprint density at radius 1 is 1.11 bits per heavy atom. The van der Waals surface area contributed by atoms with E-state index in [-0.39, 0.29) is 66.8 Å². The van der Waals surface area contributed by atoms with Crippen LogP contribution in [-0.2, 0) is 4.74 Å². The zero-order chi connectivity index (χ0) is 26.6. The third-order valence-corrected chi connectivity index (χ3v) is 6.28. The van der Waals surface area contributed by atoms with Crippen molar-refractivity contribution in [1.82, 2.24) is 15.0 Å². The number of pyridine rings is 1. The molecule has 0 unspecified atom stereocenters. The zero-order valence-corrected chi connectivity index (χ0v) is 20.3. The second kappa shape index (κ2) is 11.2. The largest absolute Gasteiger partial charge is 0.461 e. The first kappa shape index (κ1) is 26.5. The van der Waals surface area contributed by atoms with Gasteiger partial charge in [-0.15, -0.1) is 0 Å². The first-order valence-electron chi connectivity index (χ1n) is 11.8. The van der Waals surface area contributed by atoms with Gasteiger partial charge in [-0.25, -0.2) is 27.5 Å². The summed E-state index contributed by atoms with van der Waals surface area (Å²) in [4.78, 5) is 25.6. The van der Waals surface area contributed by atoms with Crippen LogP contribution in [0, 0.1) is 11.6 Å². The second-order valence-corrected chi connectivity index (χ2v) is 8.94. The van der Waals surface area contributed by atoms with Crippen LogP contribution in [-0.4, -0.2) is 46.6 Å². The van der Waals surface area contributed by atoms with E-state index in [1.54, 1.807) is 6.92 Å². The van der Waals surface area contributed by atoms with E-state index < -0.39 is 29.4 Å². The fourth-order valence-electron chi connectivity index (χ4n) is 4.11. The lowest BCUT2D eigenvalue weighted by atomic mass is 9.83. The van der Waals surface area contributed by atoms with Crippen LogP contribution in [0.15, 0.2) is 42.9 Å². The number of halogens is 4. The number of alkyl halides is 2. The van der Waals surface area contributed by atoms with E-state index in [1.165, 1.54) is 31.8 Å². The maximum Gasteiger partial charge on any atom is 0.316 e. The first-order valence-corrected chi connectivity index (χ1v) is 11.8. The Morgan fingerprint density at radius 3 is 2.49 bits per heavy atom. The van der Waals surface area contributed by atoms with E-state index in [1.807, 2.05) is 0 Å². The number of carbonyl (C=O) groups excluding carboxylic acids is 1. The van der Waals surface area contributed by atoms with Gasteiger partial charge in [0.1, 0.15) is 18.2 Å². The molecule has 1 aromatic carbocycles. The molecule has 7 nitrogen and oxygen atoms in total. The lowest BCUT2D eigenvalue weighted by Gasteiger charge is -2.29. The maximum absolute atomic E-state index is 14.7. The van der Waals surface area contributed by atoms with Crippen LogP contribution in [0.2, 0.25) is 0 Å². The highest BCUT2D eigenvalue weighted by molar-refractivity contribution is 6.06. The van der Waals surface area contributed by atoms with Crippen LogP contribution < -0.4 is 10.1 Å². The molecule has 0 spiro atoms. The van der Waals surface area contributed by atoms with Gasteiger partial charge >= 0.3 is 6.01 Å². The summed E-state index contributed by atoms with van der Waals surface area (Å²) in [7, 11) is 1.54. The van der Waals surface area contributed by atoms with Gasteiger partial charge in [-0.2, -0.15) is 0 Å². The van der Waals surface area contributed by atoms with E-state index in [0.717, 1.165) is 18.2 Å². The van der Waals surface area contributed by atoms with Gasteiger partial charge in [0, 0.05) is 55.6 Å². The van der Waals surface area contributed by atoms with E-state index in [2.05, 4.69) is 20.3 Å². The number of anilines is 1. The zero-order valence-electron chi connectivity index (χ0n) is 20.3. The molecule has 1 aliphatic rings. The average Bonchev–Trinajstić information content (AvgIpc) is 2.89. The predicted molar refractivity (Wildman–Crippen MR) is 128 cm³/mol. The number of hydrogen-bond acceptors (Lipinski definition) is 6. The number of benzene rings is 1. The average molecular weight is 519 g/mol. The van der Waals surface area contributed by atoms with E-state index in [9.17, 15) is 22.4 Å². The van der Waals surface area contributed by atoms with Crippen LogP contribution in [0.1, 0.15) is 54.6 Å². The molecule has 3 aromatic rings. The van der Waals surface area contributed by atoms with Crippen molar-refractivity contribution in [3.8, 4) is 17.1 Å². The molecular formula is C26H26F4N4O3. The van der Waals surface area contributed by atoms with Crippen molar-refractivity contribution in [3.05, 3.63) is 65.7 Å². The lowest BCUT2D eigenvalue weighted by Crippen LogP contribution is -2.25. The molecule has 2 aromatic heterocycles. The van der Waals surface area contributed by atoms with Crippen molar-refractivity contribution in [3.63, 3.8) is 0 Å². The molecule has 1 saturated carbocycles. The van der Waals surface area contributed by atoms with Gasteiger partial charge in [-0.05, 0) is 44.0 Å². The van der Waals surface area contributed by atoms with Crippen LogP contribution in [0.3, 0.4) is 0 Å². The molecule has 1 aliphatic carbocycles. The van der Waals surface area contributed by atoms with Gasteiger partial charge in [-0.3, -0.25) is 9.78 Å². The topological polar surface area (TPSA) is 86.2 Å². The molecular weight excluding hydrogens is 492 g/mol. The number of rotatable bonds is 8. The molecule has 2 heterocycles. The minimum absolute atomic E-state index is 0.0492. The summed E-state index contributed by atoms with van der Waals surface area (Å²) in [5, 5.41) is 2.72. The maximum atomic E-state index is 14.7. The fourth-order valence-corrected chi connectivity index (χ4v) is 4.11. The summed E-state index contributed by atoms with van der Waals surface area (Å²) in [6.07, 6.45) is 3.33. The summed E-state index contributed by atoms with van der Waals surface area (Å²) in [5.41, 5.74) is 0.623. The summed E-state index contributed by atoms with van der Waals surface area (Å²) < 4.78 is 66.9. The SMILES string of the molecule is CO[C@@H](C)COc1ncc(C(=O)Nc2c(-c3cc(F)ccc3F)ccnc2C2CCC(F)(F)CC2)cn1. The van der Waals surface area contributed by atoms with Gasteiger partial charge in [0.25, 0.3) is 5.91 Å². The number of nitrogens with zero attached hydrogens (tertiary/aromatic N) is 3. The summed E-state index contributed by atoms with van der Waals surface area (Å²) in [6, 6.07) is 4.47. The molecule has 1 amide bonds. The molecule has 196 valence electrons. The quantitative estimate of drug-likeness (QED) is 0.381. The number of amides is 1. The lowest BCUT2D eigenvalue weighted by molar-refractivity contribution is -0.0384. The van der Waals surface area contributed by atoms with Crippen LogP contribution in [0.5, 0.6) is 6.01 Å². The second-order valence-electron chi connectivity index (χ2n) is 8.94. The highest BCUT2D eigenvalue weighted by atomic mass is 19.3. The monoisotopic (exact) mass is 518 g/mol. The Balaban J connectivity index is 1.66.